The number of hydrogen-bond acceptors (Lipinski definition) is 3. The summed E-state index contributed by atoms with van der Waals surface area (Å²) >= 11 is 0. The van der Waals surface area contributed by atoms with Gasteiger partial charge in [0.15, 0.2) is 0 Å². The summed E-state index contributed by atoms with van der Waals surface area (Å²) in [6.45, 7) is 6.79. The Morgan fingerprint density at radius 2 is 1.54 bits per heavy atom. The summed E-state index contributed by atoms with van der Waals surface area (Å²) < 4.78 is 7.68. The van der Waals surface area contributed by atoms with Gasteiger partial charge >= 0.3 is 6.03 Å². The molecule has 0 unspecified atom stereocenters. The highest BCUT2D eigenvalue weighted by atomic mass is 16.5. The molecule has 0 aliphatic heterocycles. The predicted molar refractivity (Wildman–Crippen MR) is 150 cm³/mol. The minimum Gasteiger partial charge on any atom is -0.489 e. The third kappa shape index (κ3) is 5.64. The first-order valence-corrected chi connectivity index (χ1v) is 12.3. The van der Waals surface area contributed by atoms with E-state index in [1.807, 2.05) is 103 Å². The lowest BCUT2D eigenvalue weighted by Gasteiger charge is -2.14. The van der Waals surface area contributed by atoms with Gasteiger partial charge in [0.05, 0.1) is 17.1 Å². The number of carbonyl (C=O) groups excluding carboxylic acids is 1. The van der Waals surface area contributed by atoms with Gasteiger partial charge in [-0.25, -0.2) is 9.48 Å². The molecule has 5 rings (SSSR count). The highest BCUT2D eigenvalue weighted by Crippen LogP contribution is 2.28. The molecule has 0 saturated heterocycles. The van der Waals surface area contributed by atoms with Gasteiger partial charge in [-0.2, -0.15) is 5.10 Å². The molecule has 6 nitrogen and oxygen atoms in total. The van der Waals surface area contributed by atoms with Crippen molar-refractivity contribution in [3.63, 3.8) is 0 Å². The van der Waals surface area contributed by atoms with Crippen LogP contribution in [-0.4, -0.2) is 15.8 Å². The molecule has 2 amide bonds. The van der Waals surface area contributed by atoms with Gasteiger partial charge in [-0.1, -0.05) is 87.5 Å². The van der Waals surface area contributed by atoms with Crippen molar-refractivity contribution in [3.05, 3.63) is 114 Å². The average Bonchev–Trinajstić information content (AvgIpc) is 3.33. The van der Waals surface area contributed by atoms with E-state index in [0.29, 0.717) is 12.4 Å². The van der Waals surface area contributed by atoms with Gasteiger partial charge < -0.3 is 10.1 Å². The monoisotopic (exact) mass is 490 g/mol. The summed E-state index contributed by atoms with van der Waals surface area (Å²) in [5, 5.41) is 12.9. The van der Waals surface area contributed by atoms with Crippen LogP contribution in [0.1, 0.15) is 32.0 Å². The number of nitrogens with one attached hydrogen (secondary N) is 2. The summed E-state index contributed by atoms with van der Waals surface area (Å²) in [6, 6.07) is 33.2. The van der Waals surface area contributed by atoms with Crippen molar-refractivity contribution in [1.82, 2.24) is 9.78 Å². The Morgan fingerprint density at radius 3 is 2.30 bits per heavy atom. The van der Waals surface area contributed by atoms with Gasteiger partial charge in [0.1, 0.15) is 18.2 Å². The molecule has 0 aliphatic rings. The van der Waals surface area contributed by atoms with Gasteiger partial charge in [-0.05, 0) is 41.3 Å². The van der Waals surface area contributed by atoms with Crippen LogP contribution in [0.3, 0.4) is 0 Å². The first-order valence-electron chi connectivity index (χ1n) is 12.3. The molecule has 37 heavy (non-hydrogen) atoms. The van der Waals surface area contributed by atoms with Gasteiger partial charge in [-0.15, -0.1) is 0 Å². The van der Waals surface area contributed by atoms with Crippen molar-refractivity contribution < 1.29 is 9.53 Å². The van der Waals surface area contributed by atoms with E-state index in [4.69, 9.17) is 9.84 Å². The number of anilines is 2. The maximum Gasteiger partial charge on any atom is 0.324 e. The van der Waals surface area contributed by atoms with E-state index < -0.39 is 0 Å². The molecular weight excluding hydrogens is 460 g/mol. The molecule has 2 N–H and O–H groups in total. The molecule has 0 fully saturated rings. The Hall–Kier alpha value is -4.58. The van der Waals surface area contributed by atoms with Crippen LogP contribution in [0.4, 0.5) is 16.3 Å². The number of aromatic nitrogens is 2. The summed E-state index contributed by atoms with van der Waals surface area (Å²) in [6.07, 6.45) is 0. The van der Waals surface area contributed by atoms with E-state index in [-0.39, 0.29) is 11.4 Å². The zero-order chi connectivity index (χ0) is 25.8. The molecule has 0 saturated carbocycles. The normalized spacial score (nSPS) is 11.3. The third-order valence-corrected chi connectivity index (χ3v) is 6.09. The number of ether oxygens (including phenoxy) is 1. The Kier molecular flexibility index (Phi) is 6.64. The molecule has 0 aliphatic carbocycles. The van der Waals surface area contributed by atoms with Crippen molar-refractivity contribution in [2.75, 3.05) is 10.6 Å². The molecule has 0 spiro atoms. The topological polar surface area (TPSA) is 68.2 Å². The Morgan fingerprint density at radius 1 is 0.838 bits per heavy atom. The first-order chi connectivity index (χ1) is 17.9. The molecule has 0 bridgehead atoms. The lowest BCUT2D eigenvalue weighted by molar-refractivity contribution is 0.262. The standard InChI is InChI=1S/C31H30N4O2/c1-31(2,3)28-20-29(33-30(36)32-27-15-9-13-23-12-7-8-14-26(23)27)35(34-28)24-16-18-25(19-17-24)37-21-22-10-5-4-6-11-22/h4-20H,21H2,1-3H3,(H2,32,33,36). The number of rotatable bonds is 6. The van der Waals surface area contributed by atoms with E-state index in [2.05, 4.69) is 31.4 Å². The predicted octanol–water partition coefficient (Wildman–Crippen LogP) is 7.55. The third-order valence-electron chi connectivity index (χ3n) is 6.09. The molecule has 5 aromatic rings. The maximum atomic E-state index is 13.1. The van der Waals surface area contributed by atoms with Crippen molar-refractivity contribution >= 4 is 28.3 Å². The fraction of sp³-hybridized carbons (Fsp3) is 0.161. The molecule has 6 heteroatoms. The van der Waals surface area contributed by atoms with Crippen LogP contribution in [0.25, 0.3) is 16.5 Å². The van der Waals surface area contributed by atoms with Gasteiger partial charge in [0.2, 0.25) is 0 Å². The Labute approximate surface area is 216 Å². The second kappa shape index (κ2) is 10.2. The van der Waals surface area contributed by atoms with Crippen molar-refractivity contribution in [1.29, 1.82) is 0 Å². The SMILES string of the molecule is CC(C)(C)c1cc(NC(=O)Nc2cccc3ccccc23)n(-c2ccc(OCc3ccccc3)cc2)n1. The van der Waals surface area contributed by atoms with E-state index in [9.17, 15) is 4.79 Å². The summed E-state index contributed by atoms with van der Waals surface area (Å²) in [4.78, 5) is 13.1. The maximum absolute atomic E-state index is 13.1. The quantitative estimate of drug-likeness (QED) is 0.258. The van der Waals surface area contributed by atoms with Crippen molar-refractivity contribution in [3.8, 4) is 11.4 Å². The fourth-order valence-corrected chi connectivity index (χ4v) is 4.06. The lowest BCUT2D eigenvalue weighted by atomic mass is 9.92. The molecular formula is C31H30N4O2. The minimum atomic E-state index is -0.333. The Balaban J connectivity index is 1.37. The smallest absolute Gasteiger partial charge is 0.324 e. The molecule has 186 valence electrons. The van der Waals surface area contributed by atoms with Crippen LogP contribution < -0.4 is 15.4 Å². The summed E-state index contributed by atoms with van der Waals surface area (Å²) in [7, 11) is 0. The largest absolute Gasteiger partial charge is 0.489 e. The van der Waals surface area contributed by atoms with Gasteiger partial charge in [0, 0.05) is 16.9 Å². The number of amides is 2. The van der Waals surface area contributed by atoms with Gasteiger partial charge in [0.25, 0.3) is 0 Å². The number of carbonyl (C=O) groups is 1. The lowest BCUT2D eigenvalue weighted by Crippen LogP contribution is -2.21. The van der Waals surface area contributed by atoms with Crippen LogP contribution in [0.5, 0.6) is 5.75 Å². The highest BCUT2D eigenvalue weighted by Gasteiger charge is 2.22. The van der Waals surface area contributed by atoms with Crippen molar-refractivity contribution in [2.45, 2.75) is 32.8 Å². The number of nitrogens with zero attached hydrogens (tertiary/aromatic N) is 2. The second-order valence-corrected chi connectivity index (χ2v) is 9.95. The number of benzene rings is 4. The fourth-order valence-electron chi connectivity index (χ4n) is 4.06. The zero-order valence-corrected chi connectivity index (χ0v) is 21.2. The molecule has 1 aromatic heterocycles. The van der Waals surface area contributed by atoms with Crippen LogP contribution in [0.2, 0.25) is 0 Å². The summed E-state index contributed by atoms with van der Waals surface area (Å²) in [5.41, 5.74) is 3.36. The zero-order valence-electron chi connectivity index (χ0n) is 21.2. The van der Waals surface area contributed by atoms with E-state index >= 15 is 0 Å². The second-order valence-electron chi connectivity index (χ2n) is 9.95. The Bertz CT molecular complexity index is 1510. The molecule has 4 aromatic carbocycles. The van der Waals surface area contributed by atoms with Crippen molar-refractivity contribution in [2.24, 2.45) is 0 Å². The van der Waals surface area contributed by atoms with Crippen LogP contribution in [-0.2, 0) is 12.0 Å². The van der Waals surface area contributed by atoms with Crippen LogP contribution in [0.15, 0.2) is 103 Å². The molecule has 0 radical (unpaired) electrons. The number of urea groups is 1. The first kappa shape index (κ1) is 24.1. The highest BCUT2D eigenvalue weighted by molar-refractivity contribution is 6.06. The molecule has 0 atom stereocenters. The van der Waals surface area contributed by atoms with E-state index in [1.165, 1.54) is 0 Å². The number of hydrogen-bond donors (Lipinski definition) is 2. The minimum absolute atomic E-state index is 0.188. The van der Waals surface area contributed by atoms with E-state index in [0.717, 1.165) is 39.2 Å². The van der Waals surface area contributed by atoms with E-state index in [1.54, 1.807) is 4.68 Å². The number of fused-ring (bicyclic) bond motifs is 1. The molecule has 1 heterocycles. The van der Waals surface area contributed by atoms with Crippen LogP contribution >= 0.6 is 0 Å². The summed E-state index contributed by atoms with van der Waals surface area (Å²) in [5.74, 6) is 1.35. The van der Waals surface area contributed by atoms with Gasteiger partial charge in [-0.3, -0.25) is 5.32 Å². The van der Waals surface area contributed by atoms with Crippen LogP contribution in [0, 0.1) is 0 Å². The average molecular weight is 491 g/mol.